The van der Waals surface area contributed by atoms with Crippen LogP contribution in [0, 0.1) is 0 Å². The van der Waals surface area contributed by atoms with Gasteiger partial charge in [-0.05, 0) is 6.42 Å². The molecule has 0 spiro atoms. The second-order valence-electron chi connectivity index (χ2n) is 10.6. The van der Waals surface area contributed by atoms with E-state index in [0.717, 1.165) is 26.2 Å². The number of phosphoric acid groups is 1. The van der Waals surface area contributed by atoms with Crippen LogP contribution in [0.4, 0.5) is 0 Å². The van der Waals surface area contributed by atoms with Gasteiger partial charge in [-0.25, -0.2) is 0 Å². The highest BCUT2D eigenvalue weighted by molar-refractivity contribution is 7.45. The molecular weight excluding hydrogens is 485 g/mol. The van der Waals surface area contributed by atoms with E-state index in [1.54, 1.807) is 0 Å². The first-order valence-corrected chi connectivity index (χ1v) is 15.1. The number of Topliss-reactive ketones (excluding diaryl/α,β-unsaturated/α-hetero) is 1. The lowest BCUT2D eigenvalue weighted by Crippen LogP contribution is -2.42. The van der Waals surface area contributed by atoms with Gasteiger partial charge in [0.25, 0.3) is 7.82 Å². The topological polar surface area (TPSA) is 122 Å². The molecule has 0 saturated heterocycles. The molecule has 0 saturated carbocycles. The number of hydrogen-bond acceptors (Lipinski definition) is 8. The molecule has 36 heavy (non-hydrogen) atoms. The SMILES string of the molecule is CCCCCCCCCCCCCCCC(=O)C(OP(=O)([O-])OCC[N+](C)(C)C)[C@H](CO)OC(C)=O. The van der Waals surface area contributed by atoms with E-state index in [1.807, 2.05) is 21.1 Å². The molecule has 0 radical (unpaired) electrons. The number of carbonyl (C=O) groups is 2. The fourth-order valence-corrected chi connectivity index (χ4v) is 4.69. The van der Waals surface area contributed by atoms with E-state index in [9.17, 15) is 24.2 Å². The molecule has 0 heterocycles. The van der Waals surface area contributed by atoms with Gasteiger partial charge in [-0.1, -0.05) is 84.0 Å². The van der Waals surface area contributed by atoms with Gasteiger partial charge in [0.1, 0.15) is 13.2 Å². The van der Waals surface area contributed by atoms with Crippen LogP contribution in [0.5, 0.6) is 0 Å². The van der Waals surface area contributed by atoms with Gasteiger partial charge >= 0.3 is 5.97 Å². The van der Waals surface area contributed by atoms with Crippen molar-refractivity contribution in [3.05, 3.63) is 0 Å². The first-order valence-electron chi connectivity index (χ1n) is 13.7. The van der Waals surface area contributed by atoms with Gasteiger partial charge in [-0.2, -0.15) is 0 Å². The van der Waals surface area contributed by atoms with Crippen LogP contribution in [-0.4, -0.2) is 74.5 Å². The van der Waals surface area contributed by atoms with Crippen LogP contribution in [0.25, 0.3) is 0 Å². The van der Waals surface area contributed by atoms with E-state index >= 15 is 0 Å². The van der Waals surface area contributed by atoms with E-state index in [0.29, 0.717) is 17.4 Å². The Labute approximate surface area is 219 Å². The third kappa shape index (κ3) is 20.3. The van der Waals surface area contributed by atoms with Crippen molar-refractivity contribution in [3.63, 3.8) is 0 Å². The zero-order valence-corrected chi connectivity index (χ0v) is 24.3. The quantitative estimate of drug-likeness (QED) is 0.0824. The lowest BCUT2D eigenvalue weighted by molar-refractivity contribution is -0.870. The summed E-state index contributed by atoms with van der Waals surface area (Å²) in [7, 11) is 0.784. The van der Waals surface area contributed by atoms with Gasteiger partial charge < -0.3 is 28.3 Å². The van der Waals surface area contributed by atoms with E-state index < -0.39 is 38.4 Å². The Morgan fingerprint density at radius 2 is 1.36 bits per heavy atom. The standard InChI is InChI=1S/C26H52NO8P/c1-6-7-8-9-10-11-12-13-14-15-16-17-18-19-24(30)26(25(22-28)34-23(2)29)35-36(31,32)33-21-20-27(3,4)5/h25-26,28H,6-22H2,1-5H3/t25-,26?/m0/s1. The Balaban J connectivity index is 4.47. The van der Waals surface area contributed by atoms with Gasteiger partial charge in [-0.3, -0.25) is 14.2 Å². The third-order valence-electron chi connectivity index (χ3n) is 5.93. The van der Waals surface area contributed by atoms with Crippen molar-refractivity contribution in [3.8, 4) is 0 Å². The molecule has 0 aliphatic rings. The van der Waals surface area contributed by atoms with Crippen LogP contribution in [-0.2, 0) is 27.9 Å². The summed E-state index contributed by atoms with van der Waals surface area (Å²) in [6.07, 6.45) is 12.1. The minimum atomic E-state index is -4.85. The van der Waals surface area contributed by atoms with Gasteiger partial charge in [0.05, 0.1) is 27.7 Å². The maximum atomic E-state index is 12.8. The fraction of sp³-hybridized carbons (Fsp3) is 0.923. The van der Waals surface area contributed by atoms with Crippen LogP contribution >= 0.6 is 7.82 Å². The molecule has 10 heteroatoms. The zero-order chi connectivity index (χ0) is 27.5. The zero-order valence-electron chi connectivity index (χ0n) is 23.4. The summed E-state index contributed by atoms with van der Waals surface area (Å²) < 4.78 is 27.7. The summed E-state index contributed by atoms with van der Waals surface area (Å²) in [6.45, 7) is 2.88. The molecule has 0 amide bonds. The maximum Gasteiger partial charge on any atom is 0.303 e. The molecular formula is C26H52NO8P. The summed E-state index contributed by atoms with van der Waals surface area (Å²) in [6, 6.07) is 0. The highest BCUT2D eigenvalue weighted by Gasteiger charge is 2.34. The number of ketones is 1. The number of nitrogens with zero attached hydrogens (tertiary/aromatic N) is 1. The minimum absolute atomic E-state index is 0.0685. The first-order chi connectivity index (χ1) is 16.9. The monoisotopic (exact) mass is 537 g/mol. The highest BCUT2D eigenvalue weighted by atomic mass is 31.2. The van der Waals surface area contributed by atoms with E-state index in [1.165, 1.54) is 57.8 Å². The Bertz CT molecular complexity index is 638. The minimum Gasteiger partial charge on any atom is -0.756 e. The fourth-order valence-electron chi connectivity index (χ4n) is 3.80. The number of aliphatic hydroxyl groups excluding tert-OH is 1. The van der Waals surface area contributed by atoms with Crippen LogP contribution < -0.4 is 4.89 Å². The molecule has 214 valence electrons. The molecule has 0 aromatic rings. The van der Waals surface area contributed by atoms with Crippen molar-refractivity contribution >= 4 is 19.6 Å². The summed E-state index contributed by atoms with van der Waals surface area (Å²) in [5, 5.41) is 9.61. The average Bonchev–Trinajstić information content (AvgIpc) is 2.77. The summed E-state index contributed by atoms with van der Waals surface area (Å²) >= 11 is 0. The van der Waals surface area contributed by atoms with Crippen molar-refractivity contribution in [1.29, 1.82) is 0 Å². The molecule has 3 atom stereocenters. The van der Waals surface area contributed by atoms with Crippen molar-refractivity contribution in [1.82, 2.24) is 0 Å². The molecule has 9 nitrogen and oxygen atoms in total. The molecule has 0 aliphatic heterocycles. The second kappa shape index (κ2) is 20.2. The van der Waals surface area contributed by atoms with Crippen LogP contribution in [0.2, 0.25) is 0 Å². The molecule has 0 rings (SSSR count). The predicted octanol–water partition coefficient (Wildman–Crippen LogP) is 4.54. The number of ether oxygens (including phenoxy) is 1. The molecule has 0 aliphatic carbocycles. The number of hydrogen-bond donors (Lipinski definition) is 1. The van der Waals surface area contributed by atoms with Gasteiger partial charge in [0, 0.05) is 13.3 Å². The number of esters is 1. The molecule has 2 unspecified atom stereocenters. The lowest BCUT2D eigenvalue weighted by atomic mass is 10.0. The number of aliphatic hydroxyl groups is 1. The van der Waals surface area contributed by atoms with Gasteiger partial charge in [0.15, 0.2) is 18.0 Å². The molecule has 0 aromatic heterocycles. The number of rotatable bonds is 24. The molecule has 1 N–H and O–H groups in total. The third-order valence-corrected chi connectivity index (χ3v) is 6.92. The van der Waals surface area contributed by atoms with Crippen molar-refractivity contribution in [2.24, 2.45) is 0 Å². The van der Waals surface area contributed by atoms with Crippen LogP contribution in [0.1, 0.15) is 104 Å². The van der Waals surface area contributed by atoms with Gasteiger partial charge in [0.2, 0.25) is 0 Å². The van der Waals surface area contributed by atoms with Crippen molar-refractivity contribution in [2.45, 2.75) is 116 Å². The first kappa shape index (κ1) is 35.2. The Kier molecular flexibility index (Phi) is 19.7. The summed E-state index contributed by atoms with van der Waals surface area (Å²) in [5.74, 6) is -1.28. The van der Waals surface area contributed by atoms with Crippen molar-refractivity contribution < 1.29 is 42.4 Å². The molecule has 0 aromatic carbocycles. The average molecular weight is 538 g/mol. The number of likely N-dealkylation sites (N-methyl/N-ethyl adjacent to an activating group) is 1. The largest absolute Gasteiger partial charge is 0.756 e. The van der Waals surface area contributed by atoms with E-state index in [2.05, 4.69) is 6.92 Å². The smallest absolute Gasteiger partial charge is 0.303 e. The Morgan fingerprint density at radius 1 is 0.889 bits per heavy atom. The van der Waals surface area contributed by atoms with Gasteiger partial charge in [-0.15, -0.1) is 0 Å². The van der Waals surface area contributed by atoms with Crippen molar-refractivity contribution in [2.75, 3.05) is 40.9 Å². The lowest BCUT2D eigenvalue weighted by Gasteiger charge is -2.32. The summed E-state index contributed by atoms with van der Waals surface area (Å²) in [4.78, 5) is 36.5. The highest BCUT2D eigenvalue weighted by Crippen LogP contribution is 2.41. The molecule has 0 fully saturated rings. The number of carbonyl (C=O) groups excluding carboxylic acids is 2. The maximum absolute atomic E-state index is 12.8. The number of phosphoric ester groups is 1. The Hall–Kier alpha value is -0.830. The van der Waals surface area contributed by atoms with Crippen LogP contribution in [0.15, 0.2) is 0 Å². The number of quaternary nitrogens is 1. The predicted molar refractivity (Wildman–Crippen MR) is 139 cm³/mol. The molecule has 0 bridgehead atoms. The normalized spacial score (nSPS) is 15.3. The number of unbranched alkanes of at least 4 members (excludes halogenated alkanes) is 12. The Morgan fingerprint density at radius 3 is 1.78 bits per heavy atom. The van der Waals surface area contributed by atoms with E-state index in [4.69, 9.17) is 13.8 Å². The summed E-state index contributed by atoms with van der Waals surface area (Å²) in [5.41, 5.74) is 0. The second-order valence-corrected chi connectivity index (χ2v) is 12.0. The van der Waals surface area contributed by atoms with E-state index in [-0.39, 0.29) is 13.0 Å². The van der Waals surface area contributed by atoms with Crippen LogP contribution in [0.3, 0.4) is 0 Å².